The lowest BCUT2D eigenvalue weighted by molar-refractivity contribution is -0.150. The van der Waals surface area contributed by atoms with Gasteiger partial charge in [-0.15, -0.1) is 0 Å². The van der Waals surface area contributed by atoms with E-state index in [2.05, 4.69) is 6.58 Å². The van der Waals surface area contributed by atoms with E-state index in [0.717, 1.165) is 5.56 Å². The average Bonchev–Trinajstić information content (AvgIpc) is 2.86. The minimum atomic E-state index is -1.38. The lowest BCUT2D eigenvalue weighted by Crippen LogP contribution is -2.39. The first kappa shape index (κ1) is 11.2. The smallest absolute Gasteiger partial charge is 0.327 e. The average molecular weight is 244 g/mol. The van der Waals surface area contributed by atoms with Crippen LogP contribution in [-0.2, 0) is 14.3 Å². The van der Waals surface area contributed by atoms with Crippen molar-refractivity contribution in [3.8, 4) is 0 Å². The second kappa shape index (κ2) is 3.53. The van der Waals surface area contributed by atoms with E-state index in [1.165, 1.54) is 7.11 Å². The van der Waals surface area contributed by atoms with Crippen LogP contribution in [0.25, 0.3) is 0 Å². The van der Waals surface area contributed by atoms with Gasteiger partial charge in [-0.25, -0.2) is 0 Å². The van der Waals surface area contributed by atoms with Gasteiger partial charge in [0.2, 0.25) is 0 Å². The molecule has 0 spiro atoms. The fourth-order valence-corrected chi connectivity index (χ4v) is 2.86. The van der Waals surface area contributed by atoms with Gasteiger partial charge in [0.25, 0.3) is 0 Å². The summed E-state index contributed by atoms with van der Waals surface area (Å²) in [5, 5.41) is 0. The Labute approximate surface area is 104 Å². The highest BCUT2D eigenvalue weighted by atomic mass is 16.5. The van der Waals surface area contributed by atoms with E-state index in [1.54, 1.807) is 18.2 Å². The van der Waals surface area contributed by atoms with E-state index in [4.69, 9.17) is 9.47 Å². The molecule has 1 aromatic carbocycles. The van der Waals surface area contributed by atoms with E-state index < -0.39 is 17.5 Å². The molecule has 1 aliphatic heterocycles. The largest absolute Gasteiger partial charge is 0.468 e. The fraction of sp³-hybridized carbons (Fsp3) is 0.286. The lowest BCUT2D eigenvalue weighted by Gasteiger charge is -2.23. The van der Waals surface area contributed by atoms with Gasteiger partial charge in [0.15, 0.2) is 11.2 Å². The van der Waals surface area contributed by atoms with Crippen molar-refractivity contribution in [1.29, 1.82) is 0 Å². The normalized spacial score (nSPS) is 29.1. The Balaban J connectivity index is 2.26. The SMILES string of the molecule is C=C1CO[C@@H]2c3ccccc3C(=O)[C@]12C(=O)OC. The van der Waals surface area contributed by atoms with Crippen LogP contribution in [0.4, 0.5) is 0 Å². The Hall–Kier alpha value is -1.94. The Bertz CT molecular complexity index is 575. The zero-order valence-electron chi connectivity index (χ0n) is 9.93. The van der Waals surface area contributed by atoms with Crippen LogP contribution in [0, 0.1) is 5.41 Å². The summed E-state index contributed by atoms with van der Waals surface area (Å²) < 4.78 is 10.4. The van der Waals surface area contributed by atoms with Crippen molar-refractivity contribution >= 4 is 11.8 Å². The van der Waals surface area contributed by atoms with Gasteiger partial charge in [-0.3, -0.25) is 9.59 Å². The topological polar surface area (TPSA) is 52.6 Å². The van der Waals surface area contributed by atoms with E-state index in [0.29, 0.717) is 11.1 Å². The number of carbonyl (C=O) groups is 2. The van der Waals surface area contributed by atoms with Crippen molar-refractivity contribution in [2.24, 2.45) is 5.41 Å². The molecular weight excluding hydrogens is 232 g/mol. The molecule has 0 saturated carbocycles. The maximum atomic E-state index is 12.6. The number of Topliss-reactive ketones (excluding diaryl/α,β-unsaturated/α-hetero) is 1. The predicted molar refractivity (Wildman–Crippen MR) is 63.1 cm³/mol. The highest BCUT2D eigenvalue weighted by Gasteiger charge is 2.64. The Morgan fingerprint density at radius 2 is 2.22 bits per heavy atom. The van der Waals surface area contributed by atoms with E-state index >= 15 is 0 Å². The minimum absolute atomic E-state index is 0.208. The first-order valence-corrected chi connectivity index (χ1v) is 5.66. The molecule has 1 fully saturated rings. The molecule has 1 saturated heterocycles. The summed E-state index contributed by atoms with van der Waals surface area (Å²) in [6, 6.07) is 7.11. The molecule has 0 aromatic heterocycles. The molecule has 0 radical (unpaired) electrons. The summed E-state index contributed by atoms with van der Waals surface area (Å²) in [5.74, 6) is -0.853. The van der Waals surface area contributed by atoms with Crippen LogP contribution in [0.5, 0.6) is 0 Å². The molecule has 92 valence electrons. The Kier molecular flexibility index (Phi) is 2.19. The van der Waals surface area contributed by atoms with Crippen LogP contribution < -0.4 is 0 Å². The van der Waals surface area contributed by atoms with Crippen molar-refractivity contribution in [2.75, 3.05) is 13.7 Å². The van der Waals surface area contributed by atoms with Crippen LogP contribution in [0.3, 0.4) is 0 Å². The van der Waals surface area contributed by atoms with Gasteiger partial charge < -0.3 is 9.47 Å². The minimum Gasteiger partial charge on any atom is -0.468 e. The molecule has 18 heavy (non-hydrogen) atoms. The van der Waals surface area contributed by atoms with Crippen molar-refractivity contribution in [3.05, 3.63) is 47.5 Å². The lowest BCUT2D eigenvalue weighted by atomic mass is 9.77. The van der Waals surface area contributed by atoms with Gasteiger partial charge in [0.1, 0.15) is 6.10 Å². The fourth-order valence-electron chi connectivity index (χ4n) is 2.86. The number of rotatable bonds is 1. The van der Waals surface area contributed by atoms with Crippen LogP contribution in [0.1, 0.15) is 22.0 Å². The van der Waals surface area contributed by atoms with Gasteiger partial charge in [-0.2, -0.15) is 0 Å². The zero-order valence-corrected chi connectivity index (χ0v) is 9.93. The van der Waals surface area contributed by atoms with Gasteiger partial charge in [0, 0.05) is 5.56 Å². The van der Waals surface area contributed by atoms with Gasteiger partial charge in [-0.05, 0) is 11.1 Å². The number of carbonyl (C=O) groups excluding carboxylic acids is 2. The molecule has 0 unspecified atom stereocenters. The molecule has 3 rings (SSSR count). The molecule has 0 N–H and O–H groups in total. The first-order chi connectivity index (χ1) is 8.64. The number of ether oxygens (including phenoxy) is 2. The second-order valence-corrected chi connectivity index (χ2v) is 4.51. The van der Waals surface area contributed by atoms with Crippen molar-refractivity contribution in [2.45, 2.75) is 6.10 Å². The Morgan fingerprint density at radius 3 is 2.94 bits per heavy atom. The maximum Gasteiger partial charge on any atom is 0.327 e. The highest BCUT2D eigenvalue weighted by molar-refractivity contribution is 6.19. The number of fused-ring (bicyclic) bond motifs is 3. The molecule has 2 aliphatic rings. The van der Waals surface area contributed by atoms with Crippen molar-refractivity contribution < 1.29 is 19.1 Å². The predicted octanol–water partition coefficient (Wildman–Crippen LogP) is 1.67. The number of esters is 1. The maximum absolute atomic E-state index is 12.6. The van der Waals surface area contributed by atoms with Crippen LogP contribution >= 0.6 is 0 Å². The highest BCUT2D eigenvalue weighted by Crippen LogP contribution is 2.56. The van der Waals surface area contributed by atoms with Gasteiger partial charge >= 0.3 is 5.97 Å². The molecule has 0 amide bonds. The van der Waals surface area contributed by atoms with E-state index in [1.807, 2.05) is 6.07 Å². The molecular formula is C14H12O4. The number of hydrogen-bond acceptors (Lipinski definition) is 4. The van der Waals surface area contributed by atoms with Crippen LogP contribution in [0.2, 0.25) is 0 Å². The van der Waals surface area contributed by atoms with E-state index in [9.17, 15) is 9.59 Å². The molecule has 0 bridgehead atoms. The van der Waals surface area contributed by atoms with Crippen molar-refractivity contribution in [3.63, 3.8) is 0 Å². The van der Waals surface area contributed by atoms with Gasteiger partial charge in [-0.1, -0.05) is 30.8 Å². The number of hydrogen-bond donors (Lipinski definition) is 0. The summed E-state index contributed by atoms with van der Waals surface area (Å²) in [7, 11) is 1.27. The molecule has 1 aromatic rings. The third kappa shape index (κ3) is 1.04. The first-order valence-electron chi connectivity index (χ1n) is 5.66. The Morgan fingerprint density at radius 1 is 1.50 bits per heavy atom. The molecule has 1 heterocycles. The summed E-state index contributed by atoms with van der Waals surface area (Å²) in [4.78, 5) is 24.7. The van der Waals surface area contributed by atoms with Crippen LogP contribution in [-0.4, -0.2) is 25.5 Å². The summed E-state index contributed by atoms with van der Waals surface area (Å²) in [6.07, 6.45) is -0.596. The molecule has 1 aliphatic carbocycles. The molecule has 4 heteroatoms. The number of benzene rings is 1. The number of ketones is 1. The monoisotopic (exact) mass is 244 g/mol. The van der Waals surface area contributed by atoms with Crippen molar-refractivity contribution in [1.82, 2.24) is 0 Å². The van der Waals surface area contributed by atoms with E-state index in [-0.39, 0.29) is 12.4 Å². The number of methoxy groups -OCH3 is 1. The zero-order chi connectivity index (χ0) is 12.9. The third-order valence-corrected chi connectivity index (χ3v) is 3.73. The molecule has 2 atom stereocenters. The molecule has 4 nitrogen and oxygen atoms in total. The quantitative estimate of drug-likeness (QED) is 0.428. The summed E-state index contributed by atoms with van der Waals surface area (Å²) in [6.45, 7) is 4.03. The second-order valence-electron chi connectivity index (χ2n) is 4.51. The third-order valence-electron chi connectivity index (χ3n) is 3.73. The summed E-state index contributed by atoms with van der Waals surface area (Å²) >= 11 is 0. The summed E-state index contributed by atoms with van der Waals surface area (Å²) in [5.41, 5.74) is 0.360. The standard InChI is InChI=1S/C14H12O4/c1-8-7-18-12-10-6-4-3-5-9(10)11(15)14(8,12)13(16)17-2/h3-6,12H,1,7H2,2H3/t12-,14-/m1/s1. The van der Waals surface area contributed by atoms with Gasteiger partial charge in [0.05, 0.1) is 13.7 Å². The van der Waals surface area contributed by atoms with Crippen LogP contribution in [0.15, 0.2) is 36.4 Å².